The van der Waals surface area contributed by atoms with Crippen LogP contribution >= 0.6 is 0 Å². The van der Waals surface area contributed by atoms with Crippen molar-refractivity contribution < 1.29 is 14.3 Å². The normalized spacial score (nSPS) is 15.4. The average molecular weight is 465 g/mol. The fraction of sp³-hybridized carbons (Fsp3) is 0.517. The van der Waals surface area contributed by atoms with Crippen LogP contribution in [0.4, 0.5) is 0 Å². The number of benzene rings is 2. The van der Waals surface area contributed by atoms with Crippen LogP contribution in [0, 0.1) is 6.92 Å². The predicted octanol–water partition coefficient (Wildman–Crippen LogP) is 5.54. The molecule has 2 amide bonds. The summed E-state index contributed by atoms with van der Waals surface area (Å²) < 4.78 is 6.02. The molecule has 0 aliphatic heterocycles. The molecule has 34 heavy (non-hydrogen) atoms. The molecule has 5 nitrogen and oxygen atoms in total. The number of amides is 2. The van der Waals surface area contributed by atoms with E-state index in [1.807, 2.05) is 56.3 Å². The number of hydrogen-bond donors (Lipinski definition) is 1. The summed E-state index contributed by atoms with van der Waals surface area (Å²) in [6.45, 7) is 10.5. The Morgan fingerprint density at radius 3 is 2.44 bits per heavy atom. The molecule has 1 N–H and O–H groups in total. The lowest BCUT2D eigenvalue weighted by Crippen LogP contribution is -2.51. The number of carbonyl (C=O) groups excluding carboxylic acids is 2. The van der Waals surface area contributed by atoms with Gasteiger partial charge in [0.25, 0.3) is 5.91 Å². The Bertz CT molecular complexity index is 973. The van der Waals surface area contributed by atoms with Gasteiger partial charge in [-0.2, -0.15) is 0 Å². The summed E-state index contributed by atoms with van der Waals surface area (Å²) in [7, 11) is 0. The minimum Gasteiger partial charge on any atom is -0.483 e. The lowest BCUT2D eigenvalue weighted by atomic mass is 9.86. The largest absolute Gasteiger partial charge is 0.483 e. The molecule has 0 aromatic heterocycles. The van der Waals surface area contributed by atoms with Crippen LogP contribution in [0.2, 0.25) is 0 Å². The first-order chi connectivity index (χ1) is 16.1. The molecule has 184 valence electrons. The number of nitrogens with zero attached hydrogens (tertiary/aromatic N) is 1. The molecular formula is C29H40N2O3. The molecule has 2 aromatic rings. The molecule has 1 atom stereocenters. The Balaban J connectivity index is 1.76. The first-order valence-corrected chi connectivity index (χ1v) is 12.5. The lowest BCUT2D eigenvalue weighted by molar-refractivity contribution is -0.142. The van der Waals surface area contributed by atoms with Crippen molar-refractivity contribution in [1.82, 2.24) is 10.2 Å². The van der Waals surface area contributed by atoms with Gasteiger partial charge in [0.2, 0.25) is 5.91 Å². The van der Waals surface area contributed by atoms with E-state index in [9.17, 15) is 9.59 Å². The molecule has 0 heterocycles. The average Bonchev–Trinajstić information content (AvgIpc) is 2.81. The van der Waals surface area contributed by atoms with Gasteiger partial charge < -0.3 is 15.0 Å². The third-order valence-electron chi connectivity index (χ3n) is 6.60. The van der Waals surface area contributed by atoms with Crippen molar-refractivity contribution in [3.05, 3.63) is 65.2 Å². The second kappa shape index (κ2) is 11.5. The SMILES string of the molecule is Cc1cccc(CN(C(=O)COc2ccccc2C(C)(C)C)[C@@H](C)C(=O)NC2CCCCC2)c1. The highest BCUT2D eigenvalue weighted by molar-refractivity contribution is 5.88. The zero-order chi connectivity index (χ0) is 24.7. The maximum Gasteiger partial charge on any atom is 0.261 e. The van der Waals surface area contributed by atoms with Crippen molar-refractivity contribution in [3.63, 3.8) is 0 Å². The van der Waals surface area contributed by atoms with Crippen molar-refractivity contribution >= 4 is 11.8 Å². The van der Waals surface area contributed by atoms with Gasteiger partial charge in [-0.05, 0) is 49.3 Å². The Kier molecular flexibility index (Phi) is 8.76. The van der Waals surface area contributed by atoms with E-state index >= 15 is 0 Å². The molecule has 5 heteroatoms. The van der Waals surface area contributed by atoms with E-state index in [-0.39, 0.29) is 29.9 Å². The van der Waals surface area contributed by atoms with Gasteiger partial charge in [0, 0.05) is 12.6 Å². The zero-order valence-electron chi connectivity index (χ0n) is 21.4. The first-order valence-electron chi connectivity index (χ1n) is 12.5. The standard InChI is InChI=1S/C29H40N2O3/c1-21-12-11-13-23(18-21)19-31(22(2)28(33)30-24-14-7-6-8-15-24)27(32)20-34-26-17-10-9-16-25(26)29(3,4)5/h9-13,16-18,22,24H,6-8,14-15,19-20H2,1-5H3,(H,30,33)/t22-/m0/s1. The van der Waals surface area contributed by atoms with Gasteiger partial charge in [-0.25, -0.2) is 0 Å². The second-order valence-electron chi connectivity index (χ2n) is 10.6. The number of ether oxygens (including phenoxy) is 1. The lowest BCUT2D eigenvalue weighted by Gasteiger charge is -2.31. The van der Waals surface area contributed by atoms with Gasteiger partial charge in [-0.3, -0.25) is 9.59 Å². The molecule has 1 aliphatic rings. The summed E-state index contributed by atoms with van der Waals surface area (Å²) in [4.78, 5) is 28.2. The molecule has 0 bridgehead atoms. The van der Waals surface area contributed by atoms with Crippen LogP contribution in [-0.4, -0.2) is 35.4 Å². The maximum atomic E-state index is 13.4. The maximum absolute atomic E-state index is 13.4. The molecule has 1 saturated carbocycles. The smallest absolute Gasteiger partial charge is 0.261 e. The number of nitrogens with one attached hydrogen (secondary N) is 1. The number of para-hydroxylation sites is 1. The van der Waals surface area contributed by atoms with E-state index in [0.29, 0.717) is 12.3 Å². The van der Waals surface area contributed by atoms with Crippen LogP contribution in [-0.2, 0) is 21.5 Å². The van der Waals surface area contributed by atoms with E-state index in [4.69, 9.17) is 4.74 Å². The van der Waals surface area contributed by atoms with Crippen LogP contribution < -0.4 is 10.1 Å². The number of aryl methyl sites for hydroxylation is 1. The molecule has 1 fully saturated rings. The molecular weight excluding hydrogens is 424 g/mol. The second-order valence-corrected chi connectivity index (χ2v) is 10.6. The van der Waals surface area contributed by atoms with Crippen LogP contribution in [0.25, 0.3) is 0 Å². The topological polar surface area (TPSA) is 58.6 Å². The highest BCUT2D eigenvalue weighted by Gasteiger charge is 2.29. The number of carbonyl (C=O) groups is 2. The van der Waals surface area contributed by atoms with Crippen LogP contribution in [0.3, 0.4) is 0 Å². The monoisotopic (exact) mass is 464 g/mol. The molecule has 3 rings (SSSR count). The molecule has 0 saturated heterocycles. The summed E-state index contributed by atoms with van der Waals surface area (Å²) in [5.41, 5.74) is 3.07. The van der Waals surface area contributed by atoms with E-state index < -0.39 is 6.04 Å². The number of rotatable bonds is 8. The van der Waals surface area contributed by atoms with Crippen molar-refractivity contribution in [2.24, 2.45) is 0 Å². The van der Waals surface area contributed by atoms with E-state index in [0.717, 1.165) is 42.4 Å². The predicted molar refractivity (Wildman–Crippen MR) is 137 cm³/mol. The summed E-state index contributed by atoms with van der Waals surface area (Å²) in [6, 6.07) is 15.5. The quantitative estimate of drug-likeness (QED) is 0.558. The summed E-state index contributed by atoms with van der Waals surface area (Å²) in [5.74, 6) is 0.415. The fourth-order valence-electron chi connectivity index (χ4n) is 4.59. The van der Waals surface area contributed by atoms with Gasteiger partial charge in [-0.1, -0.05) is 88.1 Å². The van der Waals surface area contributed by atoms with Crippen LogP contribution in [0.1, 0.15) is 76.5 Å². The molecule has 0 radical (unpaired) electrons. The summed E-state index contributed by atoms with van der Waals surface area (Å²) >= 11 is 0. The molecule has 2 aromatic carbocycles. The van der Waals surface area contributed by atoms with Crippen molar-refractivity contribution in [2.75, 3.05) is 6.61 Å². The Hall–Kier alpha value is -2.82. The van der Waals surface area contributed by atoms with Crippen LogP contribution in [0.5, 0.6) is 5.75 Å². The van der Waals surface area contributed by atoms with Crippen LogP contribution in [0.15, 0.2) is 48.5 Å². The van der Waals surface area contributed by atoms with E-state index in [1.165, 1.54) is 6.42 Å². The third kappa shape index (κ3) is 7.09. The fourth-order valence-corrected chi connectivity index (χ4v) is 4.59. The van der Waals surface area contributed by atoms with Gasteiger partial charge in [0.15, 0.2) is 6.61 Å². The summed E-state index contributed by atoms with van der Waals surface area (Å²) in [6.07, 6.45) is 5.54. The number of hydrogen-bond acceptors (Lipinski definition) is 3. The Morgan fingerprint density at radius 1 is 1.06 bits per heavy atom. The van der Waals surface area contributed by atoms with Gasteiger partial charge >= 0.3 is 0 Å². The zero-order valence-corrected chi connectivity index (χ0v) is 21.4. The highest BCUT2D eigenvalue weighted by atomic mass is 16.5. The van der Waals surface area contributed by atoms with Crippen molar-refractivity contribution in [3.8, 4) is 5.75 Å². The van der Waals surface area contributed by atoms with Gasteiger partial charge in [0.1, 0.15) is 11.8 Å². The van der Waals surface area contributed by atoms with Crippen molar-refractivity contribution in [2.45, 2.75) is 90.8 Å². The van der Waals surface area contributed by atoms with Gasteiger partial charge in [0.05, 0.1) is 0 Å². The highest BCUT2D eigenvalue weighted by Crippen LogP contribution is 2.31. The minimum atomic E-state index is -0.587. The molecule has 1 aliphatic carbocycles. The summed E-state index contributed by atoms with van der Waals surface area (Å²) in [5, 5.41) is 3.18. The Labute approximate surface area is 204 Å². The van der Waals surface area contributed by atoms with E-state index in [1.54, 1.807) is 4.90 Å². The third-order valence-corrected chi connectivity index (χ3v) is 6.60. The molecule has 0 spiro atoms. The van der Waals surface area contributed by atoms with Crippen molar-refractivity contribution in [1.29, 1.82) is 0 Å². The van der Waals surface area contributed by atoms with E-state index in [2.05, 4.69) is 32.2 Å². The van der Waals surface area contributed by atoms with Gasteiger partial charge in [-0.15, -0.1) is 0 Å². The molecule has 0 unspecified atom stereocenters. The Morgan fingerprint density at radius 2 is 1.76 bits per heavy atom. The minimum absolute atomic E-state index is 0.0944. The first kappa shape index (κ1) is 25.8.